The molecule has 0 unspecified atom stereocenters. The van der Waals surface area contributed by atoms with Crippen LogP contribution in [0.15, 0.2) is 58.4 Å². The maximum Gasteiger partial charge on any atom is 0.274 e. The summed E-state index contributed by atoms with van der Waals surface area (Å²) in [7, 11) is -0.600. The van der Waals surface area contributed by atoms with Crippen molar-refractivity contribution in [2.24, 2.45) is 7.05 Å². The molecule has 4 aromatic rings. The molecule has 2 aromatic heterocycles. The summed E-state index contributed by atoms with van der Waals surface area (Å²) in [4.78, 5) is 40.2. The van der Waals surface area contributed by atoms with E-state index in [0.29, 0.717) is 33.0 Å². The summed E-state index contributed by atoms with van der Waals surface area (Å²) in [5.74, 6) is -0.391. The van der Waals surface area contributed by atoms with E-state index in [4.69, 9.17) is 16.3 Å². The number of aromatic amines is 1. The molecule has 204 valence electrons. The Morgan fingerprint density at radius 2 is 1.87 bits per heavy atom. The molecule has 0 saturated carbocycles. The second-order valence-electron chi connectivity index (χ2n) is 8.84. The average molecular weight is 571 g/mol. The molecule has 39 heavy (non-hydrogen) atoms. The van der Waals surface area contributed by atoms with Gasteiger partial charge in [-0.15, -0.1) is 0 Å². The van der Waals surface area contributed by atoms with E-state index in [9.17, 15) is 22.8 Å². The van der Waals surface area contributed by atoms with E-state index in [1.165, 1.54) is 29.8 Å². The number of aryl methyl sites for hydroxylation is 2. The molecule has 0 aliphatic carbocycles. The first-order valence-electron chi connectivity index (χ1n) is 12.0. The van der Waals surface area contributed by atoms with Gasteiger partial charge in [0.1, 0.15) is 22.7 Å². The van der Waals surface area contributed by atoms with Crippen molar-refractivity contribution in [3.8, 4) is 22.6 Å². The summed E-state index contributed by atoms with van der Waals surface area (Å²) < 4.78 is 33.1. The first-order valence-corrected chi connectivity index (χ1v) is 14.0. The molecule has 0 saturated heterocycles. The molecule has 0 atom stereocenters. The van der Waals surface area contributed by atoms with Crippen molar-refractivity contribution >= 4 is 44.2 Å². The largest absolute Gasteiger partial charge is 0.455 e. The fraction of sp³-hybridized carbons (Fsp3) is 0.222. The summed E-state index contributed by atoms with van der Waals surface area (Å²) >= 11 is 6.40. The molecule has 0 aliphatic rings. The van der Waals surface area contributed by atoms with Crippen LogP contribution < -0.4 is 20.9 Å². The van der Waals surface area contributed by atoms with Crippen molar-refractivity contribution in [2.45, 2.75) is 18.7 Å². The van der Waals surface area contributed by atoms with Crippen LogP contribution in [-0.4, -0.2) is 49.1 Å². The Labute approximate surface area is 229 Å². The van der Waals surface area contributed by atoms with Crippen LogP contribution in [0.1, 0.15) is 23.0 Å². The molecule has 0 bridgehead atoms. The Kier molecular flexibility index (Phi) is 7.84. The van der Waals surface area contributed by atoms with E-state index in [0.717, 1.165) is 5.56 Å². The third-order valence-electron chi connectivity index (χ3n) is 6.25. The Bertz CT molecular complexity index is 1750. The zero-order valence-electron chi connectivity index (χ0n) is 21.7. The van der Waals surface area contributed by atoms with E-state index in [2.05, 4.69) is 15.6 Å². The molecule has 0 radical (unpaired) electrons. The number of nitrogens with zero attached hydrogens (tertiary/aromatic N) is 1. The Morgan fingerprint density at radius 1 is 1.13 bits per heavy atom. The second kappa shape index (κ2) is 11.0. The summed E-state index contributed by atoms with van der Waals surface area (Å²) in [5.41, 5.74) is 1.37. The van der Waals surface area contributed by atoms with Crippen LogP contribution in [0.3, 0.4) is 0 Å². The van der Waals surface area contributed by atoms with Crippen molar-refractivity contribution in [3.05, 3.63) is 75.3 Å². The molecule has 2 heterocycles. The molecular weight excluding hydrogens is 544 g/mol. The van der Waals surface area contributed by atoms with Crippen molar-refractivity contribution in [1.82, 2.24) is 20.2 Å². The van der Waals surface area contributed by atoms with Gasteiger partial charge in [0.15, 0.2) is 9.84 Å². The van der Waals surface area contributed by atoms with Gasteiger partial charge in [0, 0.05) is 36.8 Å². The summed E-state index contributed by atoms with van der Waals surface area (Å²) in [6.07, 6.45) is 1.55. The Hall–Kier alpha value is -4.09. The van der Waals surface area contributed by atoms with Gasteiger partial charge in [-0.05, 0) is 42.8 Å². The molecule has 0 spiro atoms. The number of fused-ring (bicyclic) bond motifs is 1. The molecular formula is C27H27ClN4O6S. The fourth-order valence-corrected chi connectivity index (χ4v) is 5.21. The zero-order valence-corrected chi connectivity index (χ0v) is 23.3. The lowest BCUT2D eigenvalue weighted by Gasteiger charge is -2.17. The van der Waals surface area contributed by atoms with E-state index in [-0.39, 0.29) is 34.3 Å². The minimum absolute atomic E-state index is 0.0557. The van der Waals surface area contributed by atoms with E-state index < -0.39 is 21.3 Å². The lowest BCUT2D eigenvalue weighted by atomic mass is 10.0. The Balaban J connectivity index is 1.95. The predicted octanol–water partition coefficient (Wildman–Crippen LogP) is 3.56. The number of carbonyl (C=O) groups excluding carboxylic acids is 2. The first-order chi connectivity index (χ1) is 18.5. The van der Waals surface area contributed by atoms with E-state index in [1.54, 1.807) is 38.4 Å². The number of para-hydroxylation sites is 1. The summed E-state index contributed by atoms with van der Waals surface area (Å²) in [6, 6.07) is 11.3. The van der Waals surface area contributed by atoms with Crippen molar-refractivity contribution in [2.75, 3.05) is 19.3 Å². The number of hydrogen-bond acceptors (Lipinski definition) is 6. The third-order valence-corrected chi connectivity index (χ3v) is 8.28. The van der Waals surface area contributed by atoms with Gasteiger partial charge in [-0.2, -0.15) is 0 Å². The summed E-state index contributed by atoms with van der Waals surface area (Å²) in [6.45, 7) is 3.13. The fourth-order valence-electron chi connectivity index (χ4n) is 4.04. The highest BCUT2D eigenvalue weighted by Gasteiger charge is 2.22. The number of sulfone groups is 1. The number of H-pyrrole nitrogens is 1. The highest BCUT2D eigenvalue weighted by atomic mass is 35.5. The van der Waals surface area contributed by atoms with Gasteiger partial charge in [0.05, 0.1) is 22.2 Å². The number of amides is 2. The normalized spacial score (nSPS) is 11.4. The first kappa shape index (κ1) is 27.9. The van der Waals surface area contributed by atoms with Crippen LogP contribution in [0, 0.1) is 6.92 Å². The molecule has 12 heteroatoms. The molecule has 0 fully saturated rings. The van der Waals surface area contributed by atoms with Crippen LogP contribution >= 0.6 is 11.6 Å². The number of pyridine rings is 1. The van der Waals surface area contributed by atoms with Crippen LogP contribution in [0.4, 0.5) is 0 Å². The van der Waals surface area contributed by atoms with Crippen LogP contribution in [0.25, 0.3) is 22.0 Å². The second-order valence-corrected chi connectivity index (χ2v) is 11.5. The van der Waals surface area contributed by atoms with Crippen LogP contribution in [0.2, 0.25) is 5.02 Å². The topological polar surface area (TPSA) is 139 Å². The lowest BCUT2D eigenvalue weighted by Crippen LogP contribution is -2.35. The predicted molar refractivity (Wildman–Crippen MR) is 149 cm³/mol. The average Bonchev–Trinajstić information content (AvgIpc) is 3.37. The van der Waals surface area contributed by atoms with Crippen molar-refractivity contribution in [1.29, 1.82) is 0 Å². The van der Waals surface area contributed by atoms with E-state index >= 15 is 0 Å². The summed E-state index contributed by atoms with van der Waals surface area (Å²) in [5, 5.41) is 5.64. The number of aromatic nitrogens is 2. The number of halogens is 1. The van der Waals surface area contributed by atoms with Gasteiger partial charge in [-0.1, -0.05) is 30.7 Å². The van der Waals surface area contributed by atoms with Crippen LogP contribution in [-0.2, 0) is 21.7 Å². The number of carbonyl (C=O) groups is 2. The van der Waals surface area contributed by atoms with E-state index in [1.807, 2.05) is 13.0 Å². The van der Waals surface area contributed by atoms with Crippen molar-refractivity contribution in [3.63, 3.8) is 0 Å². The van der Waals surface area contributed by atoms with Gasteiger partial charge in [-0.25, -0.2) is 8.42 Å². The number of rotatable bonds is 8. The molecule has 4 rings (SSSR count). The minimum atomic E-state index is -3.59. The highest BCUT2D eigenvalue weighted by Crippen LogP contribution is 2.41. The lowest BCUT2D eigenvalue weighted by molar-refractivity contribution is -0.119. The smallest absolute Gasteiger partial charge is 0.274 e. The monoisotopic (exact) mass is 570 g/mol. The number of benzene rings is 2. The quantitative estimate of drug-likeness (QED) is 0.296. The maximum atomic E-state index is 13.0. The van der Waals surface area contributed by atoms with Gasteiger partial charge in [0.25, 0.3) is 11.5 Å². The molecule has 0 aliphatic heterocycles. The third kappa shape index (κ3) is 5.55. The molecule has 2 aromatic carbocycles. The number of hydrogen-bond donors (Lipinski definition) is 3. The van der Waals surface area contributed by atoms with Gasteiger partial charge >= 0.3 is 0 Å². The maximum absolute atomic E-state index is 13.0. The zero-order chi connectivity index (χ0) is 28.5. The highest BCUT2D eigenvalue weighted by molar-refractivity contribution is 7.91. The van der Waals surface area contributed by atoms with Crippen LogP contribution in [0.5, 0.6) is 11.5 Å². The SMILES string of the molecule is CCS(=O)(=O)c1ccc(Oc2c(C)cccc2Cl)c(-c2cn(C)c(=O)c3[nH]c(C(=O)NCC(=O)NC)cc23)c1. The van der Waals surface area contributed by atoms with Crippen molar-refractivity contribution < 1.29 is 22.7 Å². The molecule has 10 nitrogen and oxygen atoms in total. The molecule has 3 N–H and O–H groups in total. The molecule has 2 amide bonds. The minimum Gasteiger partial charge on any atom is -0.455 e. The van der Waals surface area contributed by atoms with Gasteiger partial charge in [-0.3, -0.25) is 14.4 Å². The number of nitrogens with one attached hydrogen (secondary N) is 3. The van der Waals surface area contributed by atoms with Gasteiger partial charge < -0.3 is 24.9 Å². The number of likely N-dealkylation sites (N-methyl/N-ethyl adjacent to an activating group) is 1. The number of ether oxygens (including phenoxy) is 1. The van der Waals surface area contributed by atoms with Gasteiger partial charge in [0.2, 0.25) is 5.91 Å². The Morgan fingerprint density at radius 3 is 2.54 bits per heavy atom. The standard InChI is InChI=1S/C27H27ClN4O6S/c1-5-39(36,37)16-9-10-22(38-25-15(2)7-6-8-20(25)28)17(11-16)19-14-32(4)27(35)24-18(19)12-21(31-24)26(34)30-13-23(33)29-3/h6-12,14,31H,5,13H2,1-4H3,(H,29,33)(H,30,34).